The predicted octanol–water partition coefficient (Wildman–Crippen LogP) is 5.38. The van der Waals surface area contributed by atoms with Crippen molar-refractivity contribution in [2.75, 3.05) is 6.54 Å². The summed E-state index contributed by atoms with van der Waals surface area (Å²) in [7, 11) is 0. The van der Waals surface area contributed by atoms with Crippen LogP contribution in [0.3, 0.4) is 0 Å². The van der Waals surface area contributed by atoms with Gasteiger partial charge in [0.2, 0.25) is 0 Å². The van der Waals surface area contributed by atoms with Crippen LogP contribution >= 0.6 is 0 Å². The first-order valence-electron chi connectivity index (χ1n) is 11.3. The number of aryl methyl sites for hydroxylation is 2. The van der Waals surface area contributed by atoms with E-state index in [2.05, 4.69) is 40.1 Å². The summed E-state index contributed by atoms with van der Waals surface area (Å²) < 4.78 is 2.04. The summed E-state index contributed by atoms with van der Waals surface area (Å²) in [6, 6.07) is 14.0. The van der Waals surface area contributed by atoms with E-state index in [4.69, 9.17) is 9.98 Å². The van der Waals surface area contributed by atoms with Crippen LogP contribution in [0.25, 0.3) is 27.8 Å². The van der Waals surface area contributed by atoms with Gasteiger partial charge < -0.3 is 14.7 Å². The van der Waals surface area contributed by atoms with Crippen molar-refractivity contribution in [3.63, 3.8) is 0 Å². The van der Waals surface area contributed by atoms with Crippen LogP contribution in [-0.2, 0) is 0 Å². The topological polar surface area (TPSA) is 92.0 Å². The van der Waals surface area contributed by atoms with E-state index < -0.39 is 0 Å². The molecule has 170 valence electrons. The van der Waals surface area contributed by atoms with Gasteiger partial charge >= 0.3 is 0 Å². The molecule has 0 bridgehead atoms. The van der Waals surface area contributed by atoms with Crippen molar-refractivity contribution in [3.8, 4) is 22.7 Å². The normalized spacial score (nSPS) is 11.9. The van der Waals surface area contributed by atoms with Gasteiger partial charge in [-0.25, -0.2) is 9.97 Å². The molecule has 5 rings (SSSR count). The standard InChI is InChI=1S/C27H26N6O/c1-4-10-29-27(26-17(2)8-9-22(32-26)19-11-20(34)14-28-13-19)24-12-21-23(31-24)6-5-7-25(21)33-15-18(3)30-16-33/h5-9,11-16,31,34H,4,10H2,1-3H3/b29-27-. The Morgan fingerprint density at radius 2 is 2.00 bits per heavy atom. The van der Waals surface area contributed by atoms with Crippen LogP contribution in [0, 0.1) is 13.8 Å². The van der Waals surface area contributed by atoms with Gasteiger partial charge in [-0.3, -0.25) is 9.98 Å². The molecule has 0 aliphatic heterocycles. The Labute approximate surface area is 197 Å². The smallest absolute Gasteiger partial charge is 0.134 e. The third-order valence-corrected chi connectivity index (χ3v) is 5.72. The second kappa shape index (κ2) is 8.94. The third kappa shape index (κ3) is 4.08. The molecule has 4 aromatic heterocycles. The Morgan fingerprint density at radius 1 is 1.12 bits per heavy atom. The molecule has 5 aromatic rings. The van der Waals surface area contributed by atoms with Crippen LogP contribution in [0.2, 0.25) is 0 Å². The number of aromatic hydroxyl groups is 1. The van der Waals surface area contributed by atoms with Gasteiger partial charge in [-0.1, -0.05) is 19.1 Å². The number of nitrogens with zero attached hydrogens (tertiary/aromatic N) is 5. The fraction of sp³-hybridized carbons (Fsp3) is 0.185. The molecule has 1 aromatic carbocycles. The number of fused-ring (bicyclic) bond motifs is 1. The van der Waals surface area contributed by atoms with Gasteiger partial charge in [0, 0.05) is 35.4 Å². The van der Waals surface area contributed by atoms with Gasteiger partial charge in [-0.05, 0) is 56.2 Å². The minimum atomic E-state index is 0.110. The lowest BCUT2D eigenvalue weighted by molar-refractivity contribution is 0.473. The number of imidazole rings is 1. The molecule has 0 saturated heterocycles. The summed E-state index contributed by atoms with van der Waals surface area (Å²) >= 11 is 0. The molecule has 34 heavy (non-hydrogen) atoms. The van der Waals surface area contributed by atoms with E-state index in [0.717, 1.165) is 62.6 Å². The van der Waals surface area contributed by atoms with Crippen molar-refractivity contribution < 1.29 is 5.11 Å². The maximum Gasteiger partial charge on any atom is 0.134 e. The third-order valence-electron chi connectivity index (χ3n) is 5.72. The molecule has 0 radical (unpaired) electrons. The van der Waals surface area contributed by atoms with Crippen LogP contribution in [-0.4, -0.2) is 41.9 Å². The lowest BCUT2D eigenvalue weighted by Crippen LogP contribution is -2.10. The molecule has 0 unspecified atom stereocenters. The highest BCUT2D eigenvalue weighted by atomic mass is 16.3. The number of pyridine rings is 2. The molecule has 0 spiro atoms. The summed E-state index contributed by atoms with van der Waals surface area (Å²) in [5.74, 6) is 0.110. The summed E-state index contributed by atoms with van der Waals surface area (Å²) in [6.45, 7) is 6.83. The summed E-state index contributed by atoms with van der Waals surface area (Å²) in [5.41, 5.74) is 8.10. The number of hydrogen-bond donors (Lipinski definition) is 2. The minimum absolute atomic E-state index is 0.110. The fourth-order valence-corrected chi connectivity index (χ4v) is 4.05. The van der Waals surface area contributed by atoms with Crippen LogP contribution in [0.5, 0.6) is 5.75 Å². The van der Waals surface area contributed by atoms with E-state index in [0.29, 0.717) is 6.54 Å². The molecule has 0 amide bonds. The molecular formula is C27H26N6O. The van der Waals surface area contributed by atoms with Crippen molar-refractivity contribution in [3.05, 3.63) is 90.0 Å². The number of aromatic amines is 1. The van der Waals surface area contributed by atoms with Crippen molar-refractivity contribution >= 4 is 16.6 Å². The highest BCUT2D eigenvalue weighted by Gasteiger charge is 2.17. The van der Waals surface area contributed by atoms with E-state index >= 15 is 0 Å². The van der Waals surface area contributed by atoms with E-state index in [1.807, 2.05) is 49.1 Å². The number of nitrogens with one attached hydrogen (secondary N) is 1. The molecule has 7 heteroatoms. The number of aliphatic imine (C=N–C) groups is 1. The van der Waals surface area contributed by atoms with E-state index in [1.54, 1.807) is 12.3 Å². The SMILES string of the molecule is CCC/N=C(/c1cc2c(-n3cnc(C)c3)cccc2[nH]1)c1nc(-c2cncc(O)c2)ccc1C. The summed E-state index contributed by atoms with van der Waals surface area (Å²) in [4.78, 5) is 21.9. The van der Waals surface area contributed by atoms with Gasteiger partial charge in [0.25, 0.3) is 0 Å². The van der Waals surface area contributed by atoms with Gasteiger partial charge in [-0.15, -0.1) is 0 Å². The zero-order valence-corrected chi connectivity index (χ0v) is 19.4. The van der Waals surface area contributed by atoms with Crippen LogP contribution in [0.1, 0.15) is 36.0 Å². The average molecular weight is 451 g/mol. The molecular weight excluding hydrogens is 424 g/mol. The molecule has 0 aliphatic carbocycles. The first-order chi connectivity index (χ1) is 16.5. The number of aromatic nitrogens is 5. The second-order valence-corrected chi connectivity index (χ2v) is 8.37. The van der Waals surface area contributed by atoms with E-state index in [9.17, 15) is 5.11 Å². The van der Waals surface area contributed by atoms with Crippen molar-refractivity contribution in [2.45, 2.75) is 27.2 Å². The van der Waals surface area contributed by atoms with Crippen molar-refractivity contribution in [1.29, 1.82) is 0 Å². The van der Waals surface area contributed by atoms with Gasteiger partial charge in [0.05, 0.1) is 41.0 Å². The Bertz CT molecular complexity index is 1510. The minimum Gasteiger partial charge on any atom is -0.506 e. The first-order valence-corrected chi connectivity index (χ1v) is 11.3. The van der Waals surface area contributed by atoms with Crippen LogP contribution in [0.4, 0.5) is 0 Å². The van der Waals surface area contributed by atoms with Gasteiger partial charge in [-0.2, -0.15) is 0 Å². The highest BCUT2D eigenvalue weighted by Crippen LogP contribution is 2.27. The van der Waals surface area contributed by atoms with Crippen molar-refractivity contribution in [1.82, 2.24) is 24.5 Å². The summed E-state index contributed by atoms with van der Waals surface area (Å²) in [6.07, 6.45) is 7.90. The lowest BCUT2D eigenvalue weighted by atomic mass is 10.1. The Hall–Kier alpha value is -4.26. The van der Waals surface area contributed by atoms with Gasteiger partial charge in [0.1, 0.15) is 11.5 Å². The lowest BCUT2D eigenvalue weighted by Gasteiger charge is -2.11. The second-order valence-electron chi connectivity index (χ2n) is 8.37. The van der Waals surface area contributed by atoms with Crippen LogP contribution < -0.4 is 0 Å². The highest BCUT2D eigenvalue weighted by molar-refractivity contribution is 6.14. The number of H-pyrrole nitrogens is 1. The van der Waals surface area contributed by atoms with Gasteiger partial charge in [0.15, 0.2) is 0 Å². The van der Waals surface area contributed by atoms with E-state index in [-0.39, 0.29) is 5.75 Å². The molecule has 4 heterocycles. The Kier molecular flexibility index (Phi) is 5.67. The zero-order valence-electron chi connectivity index (χ0n) is 19.4. The average Bonchev–Trinajstić information content (AvgIpc) is 3.46. The monoisotopic (exact) mass is 450 g/mol. The van der Waals surface area contributed by atoms with Crippen LogP contribution in [0.15, 0.2) is 72.4 Å². The zero-order chi connectivity index (χ0) is 23.7. The Balaban J connectivity index is 1.65. The number of hydrogen-bond acceptors (Lipinski definition) is 5. The number of rotatable bonds is 6. The molecule has 7 nitrogen and oxygen atoms in total. The molecule has 2 N–H and O–H groups in total. The predicted molar refractivity (Wildman–Crippen MR) is 135 cm³/mol. The maximum absolute atomic E-state index is 9.88. The fourth-order valence-electron chi connectivity index (χ4n) is 4.05. The van der Waals surface area contributed by atoms with Crippen molar-refractivity contribution in [2.24, 2.45) is 4.99 Å². The van der Waals surface area contributed by atoms with E-state index in [1.165, 1.54) is 6.20 Å². The maximum atomic E-state index is 9.88. The quantitative estimate of drug-likeness (QED) is 0.340. The molecule has 0 aliphatic rings. The Morgan fingerprint density at radius 3 is 2.76 bits per heavy atom. The molecule has 0 atom stereocenters. The first kappa shape index (κ1) is 21.6. The number of benzene rings is 1. The molecule has 0 fully saturated rings. The summed E-state index contributed by atoms with van der Waals surface area (Å²) in [5, 5.41) is 11.0. The molecule has 0 saturated carbocycles. The largest absolute Gasteiger partial charge is 0.506 e.